The SMILES string of the molecule is CCOc1cccc(CCCCN)c1. The van der Waals surface area contributed by atoms with Gasteiger partial charge in [0.15, 0.2) is 0 Å². The Morgan fingerprint density at radius 2 is 2.14 bits per heavy atom. The van der Waals surface area contributed by atoms with Gasteiger partial charge >= 0.3 is 0 Å². The third-order valence-electron chi connectivity index (χ3n) is 2.13. The zero-order chi connectivity index (χ0) is 10.2. The second kappa shape index (κ2) is 6.44. The van der Waals surface area contributed by atoms with Gasteiger partial charge in [-0.3, -0.25) is 0 Å². The van der Waals surface area contributed by atoms with E-state index < -0.39 is 0 Å². The van der Waals surface area contributed by atoms with E-state index in [1.807, 2.05) is 19.1 Å². The minimum Gasteiger partial charge on any atom is -0.494 e. The van der Waals surface area contributed by atoms with Crippen LogP contribution in [0.5, 0.6) is 5.75 Å². The Kier molecular flexibility index (Phi) is 5.08. The van der Waals surface area contributed by atoms with E-state index in [0.29, 0.717) is 0 Å². The molecule has 0 radical (unpaired) electrons. The van der Waals surface area contributed by atoms with Crippen molar-refractivity contribution in [1.29, 1.82) is 0 Å². The van der Waals surface area contributed by atoms with Gasteiger partial charge in [-0.2, -0.15) is 0 Å². The number of unbranched alkanes of at least 4 members (excludes halogenated alkanes) is 1. The smallest absolute Gasteiger partial charge is 0.119 e. The van der Waals surface area contributed by atoms with E-state index in [-0.39, 0.29) is 0 Å². The first-order valence-corrected chi connectivity index (χ1v) is 5.28. The maximum absolute atomic E-state index is 5.45. The van der Waals surface area contributed by atoms with Gasteiger partial charge in [0.05, 0.1) is 6.61 Å². The number of aryl methyl sites for hydroxylation is 1. The highest BCUT2D eigenvalue weighted by atomic mass is 16.5. The predicted octanol–water partition coefficient (Wildman–Crippen LogP) is 2.37. The molecule has 0 atom stereocenters. The molecule has 14 heavy (non-hydrogen) atoms. The molecule has 0 aromatic heterocycles. The average Bonchev–Trinajstić information content (AvgIpc) is 2.19. The van der Waals surface area contributed by atoms with Crippen LogP contribution < -0.4 is 10.5 Å². The normalized spacial score (nSPS) is 10.1. The Morgan fingerprint density at radius 1 is 1.29 bits per heavy atom. The van der Waals surface area contributed by atoms with Crippen molar-refractivity contribution in [1.82, 2.24) is 0 Å². The summed E-state index contributed by atoms with van der Waals surface area (Å²) in [5, 5.41) is 0. The monoisotopic (exact) mass is 193 g/mol. The topological polar surface area (TPSA) is 35.2 Å². The van der Waals surface area contributed by atoms with Crippen LogP contribution in [-0.2, 0) is 6.42 Å². The molecular weight excluding hydrogens is 174 g/mol. The summed E-state index contributed by atoms with van der Waals surface area (Å²) < 4.78 is 5.43. The lowest BCUT2D eigenvalue weighted by molar-refractivity contribution is 0.340. The van der Waals surface area contributed by atoms with Crippen LogP contribution in [0.4, 0.5) is 0 Å². The largest absolute Gasteiger partial charge is 0.494 e. The lowest BCUT2D eigenvalue weighted by Crippen LogP contribution is -1.99. The van der Waals surface area contributed by atoms with E-state index in [2.05, 4.69) is 12.1 Å². The van der Waals surface area contributed by atoms with Gasteiger partial charge in [-0.1, -0.05) is 12.1 Å². The number of hydrogen-bond acceptors (Lipinski definition) is 2. The van der Waals surface area contributed by atoms with Crippen LogP contribution in [0.1, 0.15) is 25.3 Å². The molecule has 0 spiro atoms. The van der Waals surface area contributed by atoms with Gasteiger partial charge < -0.3 is 10.5 Å². The quantitative estimate of drug-likeness (QED) is 0.704. The molecule has 0 saturated heterocycles. The second-order valence-corrected chi connectivity index (χ2v) is 3.33. The summed E-state index contributed by atoms with van der Waals surface area (Å²) in [5.74, 6) is 0.970. The maximum Gasteiger partial charge on any atom is 0.119 e. The molecule has 1 aromatic carbocycles. The van der Waals surface area contributed by atoms with Crippen LogP contribution in [-0.4, -0.2) is 13.2 Å². The fourth-order valence-corrected chi connectivity index (χ4v) is 1.43. The molecule has 0 bridgehead atoms. The molecule has 0 aliphatic carbocycles. The number of benzene rings is 1. The number of hydrogen-bond donors (Lipinski definition) is 1. The van der Waals surface area contributed by atoms with Crippen molar-refractivity contribution in [3.63, 3.8) is 0 Å². The minimum atomic E-state index is 0.728. The molecule has 0 aliphatic rings. The van der Waals surface area contributed by atoms with Crippen LogP contribution in [0.2, 0.25) is 0 Å². The fourth-order valence-electron chi connectivity index (χ4n) is 1.43. The predicted molar refractivity (Wildman–Crippen MR) is 59.6 cm³/mol. The highest BCUT2D eigenvalue weighted by Gasteiger charge is 1.95. The van der Waals surface area contributed by atoms with Gasteiger partial charge in [-0.15, -0.1) is 0 Å². The minimum absolute atomic E-state index is 0.728. The van der Waals surface area contributed by atoms with Crippen molar-refractivity contribution >= 4 is 0 Å². The molecule has 0 heterocycles. The fraction of sp³-hybridized carbons (Fsp3) is 0.500. The Morgan fingerprint density at radius 3 is 2.86 bits per heavy atom. The Bertz CT molecular complexity index is 260. The molecule has 2 nitrogen and oxygen atoms in total. The summed E-state index contributed by atoms with van der Waals surface area (Å²) in [5.41, 5.74) is 6.78. The molecule has 1 rings (SSSR count). The van der Waals surface area contributed by atoms with E-state index in [9.17, 15) is 0 Å². The van der Waals surface area contributed by atoms with Crippen LogP contribution >= 0.6 is 0 Å². The van der Waals surface area contributed by atoms with Gasteiger partial charge in [-0.05, 0) is 50.4 Å². The summed E-state index contributed by atoms with van der Waals surface area (Å²) >= 11 is 0. The Balaban J connectivity index is 2.46. The molecule has 0 aliphatic heterocycles. The molecule has 2 N–H and O–H groups in total. The van der Waals surface area contributed by atoms with Crippen molar-refractivity contribution in [3.05, 3.63) is 29.8 Å². The first-order valence-electron chi connectivity index (χ1n) is 5.28. The molecule has 0 fully saturated rings. The standard InChI is InChI=1S/C12H19NO/c1-2-14-12-8-5-7-11(10-12)6-3-4-9-13/h5,7-8,10H,2-4,6,9,13H2,1H3. The third kappa shape index (κ3) is 3.79. The lowest BCUT2D eigenvalue weighted by Gasteiger charge is -2.05. The van der Waals surface area contributed by atoms with E-state index in [4.69, 9.17) is 10.5 Å². The summed E-state index contributed by atoms with van der Waals surface area (Å²) in [4.78, 5) is 0. The van der Waals surface area contributed by atoms with Crippen LogP contribution in [0, 0.1) is 0 Å². The van der Waals surface area contributed by atoms with Crippen molar-refractivity contribution in [2.75, 3.05) is 13.2 Å². The highest BCUT2D eigenvalue weighted by molar-refractivity contribution is 5.28. The molecule has 1 aromatic rings. The molecular formula is C12H19NO. The van der Waals surface area contributed by atoms with Crippen LogP contribution in [0.3, 0.4) is 0 Å². The highest BCUT2D eigenvalue weighted by Crippen LogP contribution is 2.14. The first kappa shape index (κ1) is 11.1. The Labute approximate surface area is 86.1 Å². The van der Waals surface area contributed by atoms with Crippen LogP contribution in [0.25, 0.3) is 0 Å². The number of ether oxygens (including phenoxy) is 1. The molecule has 0 amide bonds. The second-order valence-electron chi connectivity index (χ2n) is 3.33. The van der Waals surface area contributed by atoms with Gasteiger partial charge in [0.1, 0.15) is 5.75 Å². The van der Waals surface area contributed by atoms with Crippen LogP contribution in [0.15, 0.2) is 24.3 Å². The lowest BCUT2D eigenvalue weighted by atomic mass is 10.1. The van der Waals surface area contributed by atoms with Gasteiger partial charge in [0, 0.05) is 0 Å². The van der Waals surface area contributed by atoms with E-state index in [1.54, 1.807) is 0 Å². The van der Waals surface area contributed by atoms with E-state index in [0.717, 1.165) is 38.2 Å². The number of rotatable bonds is 6. The van der Waals surface area contributed by atoms with Crippen molar-refractivity contribution in [3.8, 4) is 5.75 Å². The Hall–Kier alpha value is -1.02. The first-order chi connectivity index (χ1) is 6.86. The van der Waals surface area contributed by atoms with E-state index >= 15 is 0 Å². The van der Waals surface area contributed by atoms with Crippen molar-refractivity contribution in [2.45, 2.75) is 26.2 Å². The summed E-state index contributed by atoms with van der Waals surface area (Å²) in [7, 11) is 0. The summed E-state index contributed by atoms with van der Waals surface area (Å²) in [6.45, 7) is 3.51. The third-order valence-corrected chi connectivity index (χ3v) is 2.13. The number of nitrogens with two attached hydrogens (primary N) is 1. The zero-order valence-electron chi connectivity index (χ0n) is 8.83. The van der Waals surface area contributed by atoms with Gasteiger partial charge in [-0.25, -0.2) is 0 Å². The molecule has 2 heteroatoms. The summed E-state index contributed by atoms with van der Waals surface area (Å²) in [6.07, 6.45) is 3.35. The average molecular weight is 193 g/mol. The molecule has 78 valence electrons. The molecule has 0 saturated carbocycles. The van der Waals surface area contributed by atoms with Gasteiger partial charge in [0.25, 0.3) is 0 Å². The molecule has 0 unspecified atom stereocenters. The zero-order valence-corrected chi connectivity index (χ0v) is 8.83. The summed E-state index contributed by atoms with van der Waals surface area (Å²) in [6, 6.07) is 8.29. The van der Waals surface area contributed by atoms with Crippen molar-refractivity contribution in [2.24, 2.45) is 5.73 Å². The maximum atomic E-state index is 5.45. The van der Waals surface area contributed by atoms with E-state index in [1.165, 1.54) is 5.56 Å². The van der Waals surface area contributed by atoms with Crippen molar-refractivity contribution < 1.29 is 4.74 Å². The van der Waals surface area contributed by atoms with Gasteiger partial charge in [0.2, 0.25) is 0 Å².